The highest BCUT2D eigenvalue weighted by Crippen LogP contribution is 2.64. The molecular formula is C67H42N2O2. The monoisotopic (exact) mass is 906 g/mol. The van der Waals surface area contributed by atoms with E-state index in [0.29, 0.717) is 12.3 Å². The van der Waals surface area contributed by atoms with Gasteiger partial charge in [-0.3, -0.25) is 0 Å². The van der Waals surface area contributed by atoms with Crippen molar-refractivity contribution in [1.29, 1.82) is 0 Å². The van der Waals surface area contributed by atoms with Gasteiger partial charge in [-0.2, -0.15) is 0 Å². The van der Waals surface area contributed by atoms with Crippen LogP contribution >= 0.6 is 0 Å². The number of benzene rings is 10. The van der Waals surface area contributed by atoms with E-state index >= 15 is 0 Å². The van der Waals surface area contributed by atoms with Crippen LogP contribution in [0.5, 0.6) is 0 Å². The molecule has 0 saturated heterocycles. The van der Waals surface area contributed by atoms with Crippen LogP contribution in [0.25, 0.3) is 94.1 Å². The molecule has 4 nitrogen and oxygen atoms in total. The van der Waals surface area contributed by atoms with E-state index in [9.17, 15) is 0 Å². The van der Waals surface area contributed by atoms with Crippen LogP contribution in [0.3, 0.4) is 0 Å². The smallest absolute Gasteiger partial charge is 0.160 e. The summed E-state index contributed by atoms with van der Waals surface area (Å²) < 4.78 is 13.1. The van der Waals surface area contributed by atoms with Gasteiger partial charge in [-0.25, -0.2) is 9.98 Å². The van der Waals surface area contributed by atoms with Crippen LogP contribution in [0.4, 0.5) is 0 Å². The topological polar surface area (TPSA) is 51.0 Å². The van der Waals surface area contributed by atoms with Crippen molar-refractivity contribution in [2.75, 3.05) is 0 Å². The third-order valence-electron chi connectivity index (χ3n) is 15.2. The Hall–Kier alpha value is -9.12. The third-order valence-corrected chi connectivity index (χ3v) is 15.2. The first kappa shape index (κ1) is 39.8. The molecule has 4 heteroatoms. The van der Waals surface area contributed by atoms with Crippen molar-refractivity contribution in [3.63, 3.8) is 0 Å². The van der Waals surface area contributed by atoms with Crippen LogP contribution in [0.15, 0.2) is 249 Å². The number of hydrogen-bond donors (Lipinski definition) is 0. The molecular weight excluding hydrogens is 865 g/mol. The summed E-state index contributed by atoms with van der Waals surface area (Å²) in [6.07, 6.45) is 3.74. The number of allylic oxidation sites excluding steroid dienone is 1. The van der Waals surface area contributed by atoms with Crippen molar-refractivity contribution in [2.24, 2.45) is 9.98 Å². The van der Waals surface area contributed by atoms with Crippen LogP contribution in [0, 0.1) is 0 Å². The number of hydrogen-bond acceptors (Lipinski definition) is 4. The number of para-hydroxylation sites is 1. The average Bonchev–Trinajstić information content (AvgIpc) is 4.17. The Labute approximate surface area is 410 Å². The lowest BCUT2D eigenvalue weighted by Gasteiger charge is -2.32. The Morgan fingerprint density at radius 2 is 0.901 bits per heavy atom. The Balaban J connectivity index is 0.918. The normalized spacial score (nSPS) is 14.5. The van der Waals surface area contributed by atoms with E-state index in [0.717, 1.165) is 89.5 Å². The molecule has 1 spiro atoms. The molecule has 0 fully saturated rings. The fourth-order valence-electron chi connectivity index (χ4n) is 12.2. The molecule has 0 N–H and O–H groups in total. The van der Waals surface area contributed by atoms with Gasteiger partial charge in [-0.15, -0.1) is 0 Å². The molecule has 15 rings (SSSR count). The maximum Gasteiger partial charge on any atom is 0.160 e. The van der Waals surface area contributed by atoms with Gasteiger partial charge in [-0.05, 0) is 128 Å². The van der Waals surface area contributed by atoms with Gasteiger partial charge in [0.15, 0.2) is 5.84 Å². The van der Waals surface area contributed by atoms with Crippen molar-refractivity contribution in [3.8, 4) is 44.5 Å². The van der Waals surface area contributed by atoms with Gasteiger partial charge in [0.1, 0.15) is 22.3 Å². The lowest BCUT2D eigenvalue weighted by Crippen LogP contribution is -2.26. The van der Waals surface area contributed by atoms with E-state index in [-0.39, 0.29) is 0 Å². The van der Waals surface area contributed by atoms with Crippen LogP contribution in [0.2, 0.25) is 0 Å². The van der Waals surface area contributed by atoms with E-state index in [2.05, 4.69) is 218 Å². The number of fused-ring (bicyclic) bond motifs is 16. The maximum absolute atomic E-state index is 6.77. The molecule has 0 atom stereocenters. The Morgan fingerprint density at radius 1 is 0.352 bits per heavy atom. The van der Waals surface area contributed by atoms with Gasteiger partial charge in [0.2, 0.25) is 0 Å². The molecule has 10 aromatic carbocycles. The van der Waals surface area contributed by atoms with Crippen LogP contribution in [-0.4, -0.2) is 11.5 Å². The summed E-state index contributed by atoms with van der Waals surface area (Å²) in [6.45, 7) is 0. The second-order valence-electron chi connectivity index (χ2n) is 19.0. The predicted molar refractivity (Wildman–Crippen MR) is 291 cm³/mol. The van der Waals surface area contributed by atoms with Gasteiger partial charge >= 0.3 is 0 Å². The van der Waals surface area contributed by atoms with Crippen molar-refractivity contribution in [2.45, 2.75) is 18.3 Å². The van der Waals surface area contributed by atoms with E-state index in [4.69, 9.17) is 18.8 Å². The molecule has 0 bridgehead atoms. The lowest BCUT2D eigenvalue weighted by atomic mass is 9.68. The number of nitrogens with zero attached hydrogens (tertiary/aromatic N) is 2. The molecule has 2 aliphatic carbocycles. The van der Waals surface area contributed by atoms with E-state index in [1.165, 1.54) is 55.6 Å². The van der Waals surface area contributed by atoms with Gasteiger partial charge in [0, 0.05) is 38.2 Å². The quantitative estimate of drug-likeness (QED) is 0.173. The molecule has 0 unspecified atom stereocenters. The zero-order valence-corrected chi connectivity index (χ0v) is 38.6. The molecule has 12 aromatic rings. The van der Waals surface area contributed by atoms with Crippen molar-refractivity contribution < 1.29 is 8.83 Å². The summed E-state index contributed by atoms with van der Waals surface area (Å²) in [4.78, 5) is 11.1. The number of amidine groups is 1. The fourth-order valence-corrected chi connectivity index (χ4v) is 12.2. The largest absolute Gasteiger partial charge is 0.456 e. The van der Waals surface area contributed by atoms with E-state index < -0.39 is 5.41 Å². The summed E-state index contributed by atoms with van der Waals surface area (Å²) in [5.41, 5.74) is 22.9. The molecule has 71 heavy (non-hydrogen) atoms. The summed E-state index contributed by atoms with van der Waals surface area (Å²) in [5.74, 6) is 0.649. The Morgan fingerprint density at radius 3 is 1.70 bits per heavy atom. The van der Waals surface area contributed by atoms with Crippen molar-refractivity contribution in [3.05, 3.63) is 269 Å². The Kier molecular flexibility index (Phi) is 8.67. The SMILES string of the molecule is C1=C(c2cccc(-c3ccccc3)c2)N=C(c2ccc3oc4ccccc4c3c2)N=C(c2cccc3oc4ccc(-c5cccc6c5C5(c7ccccc7-c7ccccc75)c5ccccc5-6)cc4c23)CC1. The highest BCUT2D eigenvalue weighted by Gasteiger charge is 2.52. The average molecular weight is 907 g/mol. The number of rotatable bonds is 5. The minimum atomic E-state index is -0.474. The van der Waals surface area contributed by atoms with Gasteiger partial charge < -0.3 is 8.83 Å². The van der Waals surface area contributed by atoms with E-state index in [1.54, 1.807) is 0 Å². The first-order valence-electron chi connectivity index (χ1n) is 24.5. The summed E-state index contributed by atoms with van der Waals surface area (Å²) in [7, 11) is 0. The molecule has 3 heterocycles. The van der Waals surface area contributed by atoms with Crippen molar-refractivity contribution in [1.82, 2.24) is 0 Å². The molecule has 2 aromatic heterocycles. The van der Waals surface area contributed by atoms with Crippen molar-refractivity contribution >= 4 is 61.1 Å². The summed E-state index contributed by atoms with van der Waals surface area (Å²) in [6, 6.07) is 80.9. The van der Waals surface area contributed by atoms with Gasteiger partial charge in [-0.1, -0.05) is 182 Å². The molecule has 0 amide bonds. The first-order chi connectivity index (χ1) is 35.2. The minimum absolute atomic E-state index is 0.474. The number of furan rings is 2. The maximum atomic E-state index is 6.77. The molecule has 3 aliphatic rings. The second kappa shape index (κ2) is 15.4. The van der Waals surface area contributed by atoms with Gasteiger partial charge in [0.25, 0.3) is 0 Å². The number of aliphatic imine (C=N–C) groups is 2. The standard InChI is InChI=1S/C67H42N2O2/c1-2-16-41(17-3-1)42-18-12-19-44(38-42)58-30-15-31-59(69-66(68-58)45-35-37-61-53(40-45)50-23-7-11-32-60(50)70-61)52-26-14-33-63-64(52)54-39-43(34-36-62(54)71-63)46-24-13-25-51-49-22-6-10-29-57(49)67(65(46)51)55-27-8-4-20-47(55)48-21-5-9-28-56(48)67/h1-14,16-30,32-40H,15,31H2. The fraction of sp³-hybridized carbons (Fsp3) is 0.0448. The minimum Gasteiger partial charge on any atom is -0.456 e. The second-order valence-corrected chi connectivity index (χ2v) is 19.0. The summed E-state index contributed by atoms with van der Waals surface area (Å²) >= 11 is 0. The van der Waals surface area contributed by atoms with Gasteiger partial charge in [0.05, 0.1) is 16.8 Å². The molecule has 0 saturated carbocycles. The zero-order chi connectivity index (χ0) is 46.6. The predicted octanol–water partition coefficient (Wildman–Crippen LogP) is 17.2. The molecule has 332 valence electrons. The highest BCUT2D eigenvalue weighted by atomic mass is 16.3. The van der Waals surface area contributed by atoms with Crippen LogP contribution in [-0.2, 0) is 5.41 Å². The van der Waals surface area contributed by atoms with Crippen LogP contribution < -0.4 is 0 Å². The molecule has 0 radical (unpaired) electrons. The van der Waals surface area contributed by atoms with Crippen LogP contribution in [0.1, 0.15) is 51.8 Å². The summed E-state index contributed by atoms with van der Waals surface area (Å²) in [5, 5.41) is 4.22. The third kappa shape index (κ3) is 5.92. The van der Waals surface area contributed by atoms with E-state index in [1.807, 2.05) is 12.1 Å². The highest BCUT2D eigenvalue weighted by molar-refractivity contribution is 6.23. The zero-order valence-electron chi connectivity index (χ0n) is 38.6. The lowest BCUT2D eigenvalue weighted by molar-refractivity contribution is 0.668. The molecule has 1 aliphatic heterocycles. The Bertz CT molecular complexity index is 4230. The first-order valence-corrected chi connectivity index (χ1v) is 24.5.